The van der Waals surface area contributed by atoms with Crippen molar-refractivity contribution in [2.24, 2.45) is 7.05 Å². The van der Waals surface area contributed by atoms with E-state index in [0.717, 1.165) is 25.1 Å². The highest BCUT2D eigenvalue weighted by Gasteiger charge is 2.12. The lowest BCUT2D eigenvalue weighted by molar-refractivity contribution is 0.201. The van der Waals surface area contributed by atoms with E-state index in [9.17, 15) is 5.11 Å². The molecule has 0 saturated heterocycles. The fourth-order valence-electron chi connectivity index (χ4n) is 1.72. The molecule has 0 aromatic carbocycles. The summed E-state index contributed by atoms with van der Waals surface area (Å²) in [5.74, 6) is 0.729. The van der Waals surface area contributed by atoms with E-state index in [2.05, 4.69) is 15.4 Å². The third-order valence-electron chi connectivity index (χ3n) is 2.36. The van der Waals surface area contributed by atoms with Crippen molar-refractivity contribution >= 4 is 0 Å². The van der Waals surface area contributed by atoms with Crippen LogP contribution >= 0.6 is 0 Å². The molecular formula is C9H14N4O. The number of nitrogens with zero attached hydrogens (tertiary/aromatic N) is 4. The molecular weight excluding hydrogens is 180 g/mol. The maximum atomic E-state index is 9.42. The van der Waals surface area contributed by atoms with E-state index in [0.29, 0.717) is 6.42 Å². The number of rotatable bonds is 2. The largest absolute Gasteiger partial charge is 0.389 e. The summed E-state index contributed by atoms with van der Waals surface area (Å²) in [4.78, 5) is 1.45. The van der Waals surface area contributed by atoms with E-state index in [1.54, 1.807) is 7.05 Å². The minimum absolute atomic E-state index is 0.282. The Morgan fingerprint density at radius 3 is 3.14 bits per heavy atom. The Hall–Kier alpha value is -1.23. The van der Waals surface area contributed by atoms with E-state index < -0.39 is 0 Å². The van der Waals surface area contributed by atoms with Crippen molar-refractivity contribution in [1.82, 2.24) is 20.2 Å². The quantitative estimate of drug-likeness (QED) is 0.684. The van der Waals surface area contributed by atoms with Crippen LogP contribution in [0.1, 0.15) is 25.1 Å². The molecule has 14 heavy (non-hydrogen) atoms. The van der Waals surface area contributed by atoms with Crippen molar-refractivity contribution in [3.63, 3.8) is 0 Å². The Morgan fingerprint density at radius 2 is 2.50 bits per heavy atom. The van der Waals surface area contributed by atoms with Crippen LogP contribution in [-0.4, -0.2) is 31.4 Å². The van der Waals surface area contributed by atoms with Crippen LogP contribution in [0.5, 0.6) is 0 Å². The lowest BCUT2D eigenvalue weighted by atomic mass is 9.95. The first-order valence-corrected chi connectivity index (χ1v) is 4.84. The van der Waals surface area contributed by atoms with Crippen molar-refractivity contribution in [1.29, 1.82) is 0 Å². The molecule has 0 amide bonds. The number of aliphatic hydroxyl groups excluding tert-OH is 1. The van der Waals surface area contributed by atoms with Crippen molar-refractivity contribution in [2.45, 2.75) is 31.8 Å². The molecule has 1 unspecified atom stereocenters. The molecule has 0 bridgehead atoms. The minimum Gasteiger partial charge on any atom is -0.389 e. The average Bonchev–Trinajstić information content (AvgIpc) is 2.51. The fraction of sp³-hybridized carbons (Fsp3) is 0.667. The van der Waals surface area contributed by atoms with E-state index in [1.165, 1.54) is 10.4 Å². The molecule has 0 radical (unpaired) electrons. The zero-order chi connectivity index (χ0) is 9.97. The van der Waals surface area contributed by atoms with Crippen molar-refractivity contribution in [2.75, 3.05) is 0 Å². The summed E-state index contributed by atoms with van der Waals surface area (Å²) >= 11 is 0. The molecule has 1 aliphatic carbocycles. The maximum absolute atomic E-state index is 9.42. The Bertz CT molecular complexity index is 344. The fourth-order valence-corrected chi connectivity index (χ4v) is 1.72. The highest BCUT2D eigenvalue weighted by atomic mass is 16.3. The van der Waals surface area contributed by atoms with Crippen LogP contribution < -0.4 is 0 Å². The molecule has 5 heteroatoms. The van der Waals surface area contributed by atoms with Gasteiger partial charge in [0, 0.05) is 6.42 Å². The summed E-state index contributed by atoms with van der Waals surface area (Å²) in [6, 6.07) is 0. The van der Waals surface area contributed by atoms with Gasteiger partial charge < -0.3 is 5.11 Å². The Morgan fingerprint density at radius 1 is 1.64 bits per heavy atom. The SMILES string of the molecule is Cn1nnc(CC2=CC(O)CCC2)n1. The number of allylic oxidation sites excluding steroid dienone is 1. The first-order chi connectivity index (χ1) is 6.74. The number of tetrazole rings is 1. The number of hydrogen-bond acceptors (Lipinski definition) is 4. The van der Waals surface area contributed by atoms with Crippen LogP contribution in [0.3, 0.4) is 0 Å². The lowest BCUT2D eigenvalue weighted by Crippen LogP contribution is -2.10. The second kappa shape index (κ2) is 3.88. The van der Waals surface area contributed by atoms with Gasteiger partial charge >= 0.3 is 0 Å². The van der Waals surface area contributed by atoms with E-state index in [4.69, 9.17) is 0 Å². The molecule has 2 rings (SSSR count). The van der Waals surface area contributed by atoms with Gasteiger partial charge in [-0.05, 0) is 24.5 Å². The summed E-state index contributed by atoms with van der Waals surface area (Å²) in [6.07, 6.45) is 5.31. The van der Waals surface area contributed by atoms with Crippen molar-refractivity contribution in [3.05, 3.63) is 17.5 Å². The highest BCUT2D eigenvalue weighted by Crippen LogP contribution is 2.19. The topological polar surface area (TPSA) is 63.8 Å². The van der Waals surface area contributed by atoms with Crippen molar-refractivity contribution < 1.29 is 5.11 Å². The number of aromatic nitrogens is 4. The molecule has 0 saturated carbocycles. The second-order valence-corrected chi connectivity index (χ2v) is 3.66. The molecule has 1 N–H and O–H groups in total. The number of aryl methyl sites for hydroxylation is 1. The first-order valence-electron chi connectivity index (χ1n) is 4.84. The predicted octanol–water partition coefficient (Wildman–Crippen LogP) is 0.224. The summed E-state index contributed by atoms with van der Waals surface area (Å²) in [7, 11) is 1.75. The molecule has 0 fully saturated rings. The van der Waals surface area contributed by atoms with Gasteiger partial charge in [0.15, 0.2) is 5.82 Å². The molecule has 1 atom stereocenters. The van der Waals surface area contributed by atoms with Gasteiger partial charge in [0.05, 0.1) is 13.2 Å². The molecule has 1 aliphatic rings. The standard InChI is InChI=1S/C9H14N4O/c1-13-11-9(10-12-13)6-7-3-2-4-8(14)5-7/h5,8,14H,2-4,6H2,1H3. The average molecular weight is 194 g/mol. The molecule has 1 heterocycles. The lowest BCUT2D eigenvalue weighted by Gasteiger charge is -2.15. The zero-order valence-corrected chi connectivity index (χ0v) is 8.22. The smallest absolute Gasteiger partial charge is 0.178 e. The van der Waals surface area contributed by atoms with Gasteiger partial charge in [-0.1, -0.05) is 11.6 Å². The normalized spacial score (nSPS) is 22.1. The summed E-state index contributed by atoms with van der Waals surface area (Å²) < 4.78 is 0. The third-order valence-corrected chi connectivity index (χ3v) is 2.36. The summed E-state index contributed by atoms with van der Waals surface area (Å²) in [5.41, 5.74) is 1.22. The minimum atomic E-state index is -0.282. The van der Waals surface area contributed by atoms with E-state index in [1.807, 2.05) is 6.08 Å². The van der Waals surface area contributed by atoms with Gasteiger partial charge in [0.1, 0.15) is 0 Å². The van der Waals surface area contributed by atoms with Crippen LogP contribution in [0.2, 0.25) is 0 Å². The van der Waals surface area contributed by atoms with Crippen LogP contribution in [0, 0.1) is 0 Å². The maximum Gasteiger partial charge on any atom is 0.178 e. The summed E-state index contributed by atoms with van der Waals surface area (Å²) in [5, 5.41) is 21.2. The highest BCUT2D eigenvalue weighted by molar-refractivity contribution is 5.13. The van der Waals surface area contributed by atoms with Gasteiger partial charge in [-0.15, -0.1) is 10.2 Å². The Kier molecular flexibility index (Phi) is 2.58. The molecule has 5 nitrogen and oxygen atoms in total. The molecule has 0 spiro atoms. The monoisotopic (exact) mass is 194 g/mol. The Balaban J connectivity index is 2.03. The van der Waals surface area contributed by atoms with E-state index in [-0.39, 0.29) is 6.10 Å². The molecule has 0 aliphatic heterocycles. The zero-order valence-electron chi connectivity index (χ0n) is 8.22. The van der Waals surface area contributed by atoms with Gasteiger partial charge in [-0.2, -0.15) is 4.80 Å². The first kappa shape index (κ1) is 9.33. The van der Waals surface area contributed by atoms with Gasteiger partial charge in [0.25, 0.3) is 0 Å². The van der Waals surface area contributed by atoms with E-state index >= 15 is 0 Å². The van der Waals surface area contributed by atoms with Crippen LogP contribution in [0.4, 0.5) is 0 Å². The predicted molar refractivity (Wildman–Crippen MR) is 50.4 cm³/mol. The van der Waals surface area contributed by atoms with Crippen LogP contribution in [0.25, 0.3) is 0 Å². The van der Waals surface area contributed by atoms with Crippen LogP contribution in [-0.2, 0) is 13.5 Å². The van der Waals surface area contributed by atoms with Crippen LogP contribution in [0.15, 0.2) is 11.6 Å². The van der Waals surface area contributed by atoms with Gasteiger partial charge in [0.2, 0.25) is 0 Å². The summed E-state index contributed by atoms with van der Waals surface area (Å²) in [6.45, 7) is 0. The number of hydrogen-bond donors (Lipinski definition) is 1. The molecule has 1 aromatic heterocycles. The Labute approximate surface area is 82.4 Å². The second-order valence-electron chi connectivity index (χ2n) is 3.66. The van der Waals surface area contributed by atoms with Gasteiger partial charge in [-0.25, -0.2) is 0 Å². The third kappa shape index (κ3) is 2.17. The molecule has 1 aromatic rings. The van der Waals surface area contributed by atoms with Crippen molar-refractivity contribution in [3.8, 4) is 0 Å². The van der Waals surface area contributed by atoms with Gasteiger partial charge in [-0.3, -0.25) is 0 Å². The number of aliphatic hydroxyl groups is 1. The molecule has 76 valence electrons.